The van der Waals surface area contributed by atoms with Crippen molar-refractivity contribution in [3.05, 3.63) is 53.7 Å². The van der Waals surface area contributed by atoms with Gasteiger partial charge in [-0.2, -0.15) is 0 Å². The molecule has 0 spiro atoms. The van der Waals surface area contributed by atoms with Gasteiger partial charge >= 0.3 is 0 Å². The van der Waals surface area contributed by atoms with Crippen molar-refractivity contribution in [1.82, 2.24) is 4.98 Å². The zero-order valence-electron chi connectivity index (χ0n) is 10.3. The highest BCUT2D eigenvalue weighted by molar-refractivity contribution is 5.56. The van der Waals surface area contributed by atoms with Crippen molar-refractivity contribution in [2.24, 2.45) is 0 Å². The predicted octanol–water partition coefficient (Wildman–Crippen LogP) is 2.62. The number of nitrogens with zero attached hydrogens (tertiary/aromatic N) is 2. The van der Waals surface area contributed by atoms with Gasteiger partial charge in [-0.3, -0.25) is 0 Å². The molecule has 18 heavy (non-hydrogen) atoms. The fraction of sp³-hybridized carbons (Fsp3) is 0.267. The number of nitrogens with two attached hydrogens (primary N) is 1. The fourth-order valence-electron chi connectivity index (χ4n) is 2.57. The van der Waals surface area contributed by atoms with Crippen LogP contribution in [0, 0.1) is 0 Å². The van der Waals surface area contributed by atoms with Gasteiger partial charge in [0.2, 0.25) is 0 Å². The Kier molecular flexibility index (Phi) is 2.89. The molecule has 0 saturated heterocycles. The Bertz CT molecular complexity index is 551. The van der Waals surface area contributed by atoms with Crippen LogP contribution in [-0.2, 0) is 13.0 Å². The van der Waals surface area contributed by atoms with E-state index < -0.39 is 0 Å². The first kappa shape index (κ1) is 11.1. The lowest BCUT2D eigenvalue weighted by Gasteiger charge is -2.31. The highest BCUT2D eigenvalue weighted by atomic mass is 15.1. The molecule has 0 atom stereocenters. The van der Waals surface area contributed by atoms with E-state index in [1.54, 1.807) is 6.20 Å². The van der Waals surface area contributed by atoms with Gasteiger partial charge in [0.25, 0.3) is 0 Å². The van der Waals surface area contributed by atoms with Gasteiger partial charge in [0, 0.05) is 30.5 Å². The maximum atomic E-state index is 5.92. The fourth-order valence-corrected chi connectivity index (χ4v) is 2.57. The molecule has 3 heteroatoms. The average Bonchev–Trinajstić information content (AvgIpc) is 2.42. The molecule has 0 aliphatic carbocycles. The molecule has 2 heterocycles. The normalized spacial score (nSPS) is 14.3. The lowest BCUT2D eigenvalue weighted by Crippen LogP contribution is -2.29. The molecular formula is C15H17N3. The Balaban J connectivity index is 1.89. The molecular weight excluding hydrogens is 222 g/mol. The van der Waals surface area contributed by atoms with Crippen LogP contribution in [0.15, 0.2) is 42.6 Å². The van der Waals surface area contributed by atoms with E-state index in [1.165, 1.54) is 24.1 Å². The van der Waals surface area contributed by atoms with Gasteiger partial charge in [0.05, 0.1) is 0 Å². The van der Waals surface area contributed by atoms with Crippen LogP contribution in [0.25, 0.3) is 0 Å². The van der Waals surface area contributed by atoms with Gasteiger partial charge in [0.1, 0.15) is 5.82 Å². The molecule has 1 aliphatic heterocycles. The zero-order chi connectivity index (χ0) is 12.4. The van der Waals surface area contributed by atoms with E-state index in [1.807, 2.05) is 6.07 Å². The third kappa shape index (κ3) is 2.04. The highest BCUT2D eigenvalue weighted by Gasteiger charge is 2.16. The average molecular weight is 239 g/mol. The Labute approximate surface area is 107 Å². The van der Waals surface area contributed by atoms with E-state index in [-0.39, 0.29) is 0 Å². The molecule has 0 saturated carbocycles. The first-order valence-electron chi connectivity index (χ1n) is 6.37. The van der Waals surface area contributed by atoms with Crippen LogP contribution in [0.4, 0.5) is 11.5 Å². The number of rotatable bonds is 2. The number of aromatic nitrogens is 1. The third-order valence-electron chi connectivity index (χ3n) is 3.49. The molecule has 0 radical (unpaired) electrons. The number of nitrogen functional groups attached to an aromatic ring is 1. The molecule has 0 bridgehead atoms. The summed E-state index contributed by atoms with van der Waals surface area (Å²) in [6.45, 7) is 1.93. The van der Waals surface area contributed by atoms with Crippen molar-refractivity contribution < 1.29 is 0 Å². The lowest BCUT2D eigenvalue weighted by molar-refractivity contribution is 0.691. The second-order valence-electron chi connectivity index (χ2n) is 4.70. The molecule has 3 rings (SSSR count). The maximum absolute atomic E-state index is 5.92. The minimum Gasteiger partial charge on any atom is -0.383 e. The van der Waals surface area contributed by atoms with E-state index in [0.717, 1.165) is 18.7 Å². The Hall–Kier alpha value is -2.03. The van der Waals surface area contributed by atoms with E-state index in [9.17, 15) is 0 Å². The molecule has 3 nitrogen and oxygen atoms in total. The van der Waals surface area contributed by atoms with Gasteiger partial charge in [0.15, 0.2) is 0 Å². The van der Waals surface area contributed by atoms with E-state index in [0.29, 0.717) is 5.82 Å². The second-order valence-corrected chi connectivity index (χ2v) is 4.70. The van der Waals surface area contributed by atoms with Crippen molar-refractivity contribution in [3.63, 3.8) is 0 Å². The predicted molar refractivity (Wildman–Crippen MR) is 74.5 cm³/mol. The van der Waals surface area contributed by atoms with Crippen molar-refractivity contribution in [2.45, 2.75) is 19.4 Å². The molecule has 0 fully saturated rings. The number of benzene rings is 1. The van der Waals surface area contributed by atoms with Gasteiger partial charge in [-0.05, 0) is 30.5 Å². The summed E-state index contributed by atoms with van der Waals surface area (Å²) in [5.41, 5.74) is 9.80. The Morgan fingerprint density at radius 3 is 2.94 bits per heavy atom. The lowest BCUT2D eigenvalue weighted by atomic mass is 10.0. The van der Waals surface area contributed by atoms with Crippen LogP contribution in [0.2, 0.25) is 0 Å². The molecule has 2 aromatic rings. The van der Waals surface area contributed by atoms with Gasteiger partial charge < -0.3 is 10.6 Å². The van der Waals surface area contributed by atoms with Gasteiger partial charge in [-0.1, -0.05) is 24.3 Å². The van der Waals surface area contributed by atoms with Crippen LogP contribution in [0.3, 0.4) is 0 Å². The molecule has 1 aromatic carbocycles. The van der Waals surface area contributed by atoms with Crippen LogP contribution < -0.4 is 10.6 Å². The molecule has 92 valence electrons. The van der Waals surface area contributed by atoms with Crippen molar-refractivity contribution in [1.29, 1.82) is 0 Å². The van der Waals surface area contributed by atoms with Crippen molar-refractivity contribution in [3.8, 4) is 0 Å². The summed E-state index contributed by atoms with van der Waals surface area (Å²) in [4.78, 5) is 6.55. The summed E-state index contributed by atoms with van der Waals surface area (Å²) in [5, 5.41) is 0. The summed E-state index contributed by atoms with van der Waals surface area (Å²) in [7, 11) is 0. The van der Waals surface area contributed by atoms with Crippen LogP contribution in [0.5, 0.6) is 0 Å². The number of hydrogen-bond donors (Lipinski definition) is 1. The molecule has 0 amide bonds. The highest BCUT2D eigenvalue weighted by Crippen LogP contribution is 2.28. The smallest absolute Gasteiger partial charge is 0.128 e. The topological polar surface area (TPSA) is 42.1 Å². The standard InChI is InChI=1S/C15H17N3/c16-15-13(6-3-9-17-15)11-18-10-4-7-12-5-1-2-8-14(12)18/h1-3,5-6,8-9H,4,7,10-11H2,(H2,16,17). The largest absolute Gasteiger partial charge is 0.383 e. The number of aryl methyl sites for hydroxylation is 1. The number of para-hydroxylation sites is 1. The first-order valence-corrected chi connectivity index (χ1v) is 6.37. The van der Waals surface area contributed by atoms with Crippen molar-refractivity contribution >= 4 is 11.5 Å². The minimum absolute atomic E-state index is 0.639. The third-order valence-corrected chi connectivity index (χ3v) is 3.49. The van der Waals surface area contributed by atoms with Gasteiger partial charge in [-0.15, -0.1) is 0 Å². The summed E-state index contributed by atoms with van der Waals surface area (Å²) < 4.78 is 0. The van der Waals surface area contributed by atoms with E-state index in [4.69, 9.17) is 5.73 Å². The molecule has 1 aliphatic rings. The quantitative estimate of drug-likeness (QED) is 0.876. The molecule has 2 N–H and O–H groups in total. The number of anilines is 2. The number of pyridine rings is 1. The molecule has 0 unspecified atom stereocenters. The molecule has 1 aromatic heterocycles. The number of fused-ring (bicyclic) bond motifs is 1. The second kappa shape index (κ2) is 4.69. The SMILES string of the molecule is Nc1ncccc1CN1CCCc2ccccc21. The van der Waals surface area contributed by atoms with Crippen LogP contribution in [0.1, 0.15) is 17.5 Å². The first-order chi connectivity index (χ1) is 8.84. The number of hydrogen-bond acceptors (Lipinski definition) is 3. The van der Waals surface area contributed by atoms with E-state index >= 15 is 0 Å². The Morgan fingerprint density at radius 2 is 2.06 bits per heavy atom. The van der Waals surface area contributed by atoms with Crippen molar-refractivity contribution in [2.75, 3.05) is 17.2 Å². The van der Waals surface area contributed by atoms with Crippen LogP contribution >= 0.6 is 0 Å². The van der Waals surface area contributed by atoms with E-state index in [2.05, 4.69) is 40.2 Å². The Morgan fingerprint density at radius 1 is 1.17 bits per heavy atom. The monoisotopic (exact) mass is 239 g/mol. The van der Waals surface area contributed by atoms with Crippen LogP contribution in [-0.4, -0.2) is 11.5 Å². The van der Waals surface area contributed by atoms with Gasteiger partial charge in [-0.25, -0.2) is 4.98 Å². The minimum atomic E-state index is 0.639. The summed E-state index contributed by atoms with van der Waals surface area (Å²) in [6, 6.07) is 12.6. The summed E-state index contributed by atoms with van der Waals surface area (Å²) in [6.07, 6.45) is 4.12. The summed E-state index contributed by atoms with van der Waals surface area (Å²) in [5.74, 6) is 0.639. The zero-order valence-corrected chi connectivity index (χ0v) is 10.3. The maximum Gasteiger partial charge on any atom is 0.128 e. The summed E-state index contributed by atoms with van der Waals surface area (Å²) >= 11 is 0.